The molecule has 3 saturated carbocycles. The zero-order valence-corrected chi connectivity index (χ0v) is 8.40. The Morgan fingerprint density at radius 1 is 1.50 bits per heavy atom. The molecule has 1 unspecified atom stereocenters. The van der Waals surface area contributed by atoms with Crippen molar-refractivity contribution in [1.82, 2.24) is 0 Å². The first-order valence-electron chi connectivity index (χ1n) is 5.40. The van der Waals surface area contributed by atoms with Crippen LogP contribution in [0.1, 0.15) is 32.6 Å². The number of hydrogen-bond acceptors (Lipinski definition) is 2. The molecule has 1 N–H and O–H groups in total. The third kappa shape index (κ3) is 1.35. The van der Waals surface area contributed by atoms with E-state index in [1.807, 2.05) is 6.92 Å². The molecule has 0 aromatic carbocycles. The first-order chi connectivity index (χ1) is 6.63. The van der Waals surface area contributed by atoms with Crippen molar-refractivity contribution in [3.8, 4) is 0 Å². The van der Waals surface area contributed by atoms with Gasteiger partial charge in [0.1, 0.15) is 5.78 Å². The highest BCUT2D eigenvalue weighted by Crippen LogP contribution is 2.48. The Balaban J connectivity index is 2.09. The summed E-state index contributed by atoms with van der Waals surface area (Å²) >= 11 is 0. The van der Waals surface area contributed by atoms with Crippen LogP contribution in [-0.2, 0) is 9.59 Å². The fourth-order valence-electron chi connectivity index (χ4n) is 2.93. The maximum absolute atomic E-state index is 11.8. The van der Waals surface area contributed by atoms with Crippen LogP contribution in [0.25, 0.3) is 0 Å². The Morgan fingerprint density at radius 3 is 2.57 bits per heavy atom. The molecule has 0 amide bonds. The van der Waals surface area contributed by atoms with Gasteiger partial charge < -0.3 is 5.11 Å². The summed E-state index contributed by atoms with van der Waals surface area (Å²) in [7, 11) is 0. The van der Waals surface area contributed by atoms with Gasteiger partial charge in [0.05, 0.1) is 5.92 Å². The van der Waals surface area contributed by atoms with Gasteiger partial charge in [0.25, 0.3) is 0 Å². The lowest BCUT2D eigenvalue weighted by Crippen LogP contribution is -2.46. The number of ketones is 1. The lowest BCUT2D eigenvalue weighted by atomic mass is 9.58. The lowest BCUT2D eigenvalue weighted by Gasteiger charge is -2.45. The first-order valence-corrected chi connectivity index (χ1v) is 5.40. The standard InChI is InChI=1S/C11H16O3/c1-2-8(11(13)14)9-5-6-3-7(4-6)10(9)12/h6-9H,2-5H2,1H3,(H,13,14)/t6?,7?,8?,9-/m1/s1. The predicted octanol–water partition coefficient (Wildman–Crippen LogP) is 1.71. The molecule has 14 heavy (non-hydrogen) atoms. The molecule has 0 heterocycles. The molecule has 0 aromatic heterocycles. The molecule has 3 aliphatic carbocycles. The number of hydrogen-bond donors (Lipinski definition) is 1. The average molecular weight is 196 g/mol. The second-order valence-electron chi connectivity index (χ2n) is 4.63. The van der Waals surface area contributed by atoms with Crippen LogP contribution in [0.2, 0.25) is 0 Å². The summed E-state index contributed by atoms with van der Waals surface area (Å²) in [6, 6.07) is 0. The highest BCUT2D eigenvalue weighted by atomic mass is 16.4. The maximum atomic E-state index is 11.8. The van der Waals surface area contributed by atoms with E-state index in [-0.39, 0.29) is 17.6 Å². The fraction of sp³-hybridized carbons (Fsp3) is 0.818. The fourth-order valence-corrected chi connectivity index (χ4v) is 2.93. The van der Waals surface area contributed by atoms with Crippen molar-refractivity contribution in [2.24, 2.45) is 23.7 Å². The number of fused-ring (bicyclic) bond motifs is 2. The molecular formula is C11H16O3. The van der Waals surface area contributed by atoms with Crippen LogP contribution in [0.5, 0.6) is 0 Å². The van der Waals surface area contributed by atoms with Gasteiger partial charge in [0.15, 0.2) is 0 Å². The molecule has 0 aromatic rings. The Hall–Kier alpha value is -0.860. The van der Waals surface area contributed by atoms with Crippen molar-refractivity contribution in [1.29, 1.82) is 0 Å². The maximum Gasteiger partial charge on any atom is 0.307 e. The van der Waals surface area contributed by atoms with Gasteiger partial charge in [0.2, 0.25) is 0 Å². The van der Waals surface area contributed by atoms with Gasteiger partial charge in [-0.2, -0.15) is 0 Å². The zero-order valence-electron chi connectivity index (χ0n) is 8.40. The normalized spacial score (nSPS) is 37.5. The van der Waals surface area contributed by atoms with E-state index >= 15 is 0 Å². The molecule has 3 aliphatic rings. The second kappa shape index (κ2) is 3.37. The molecule has 0 spiro atoms. The molecular weight excluding hydrogens is 180 g/mol. The molecule has 2 atom stereocenters. The van der Waals surface area contributed by atoms with Gasteiger partial charge in [-0.15, -0.1) is 0 Å². The molecule has 2 bridgehead atoms. The van der Waals surface area contributed by atoms with Gasteiger partial charge >= 0.3 is 5.97 Å². The molecule has 3 fully saturated rings. The van der Waals surface area contributed by atoms with Crippen LogP contribution in [0.3, 0.4) is 0 Å². The van der Waals surface area contributed by atoms with Gasteiger partial charge in [-0.05, 0) is 31.6 Å². The van der Waals surface area contributed by atoms with Gasteiger partial charge in [0, 0.05) is 11.8 Å². The summed E-state index contributed by atoms with van der Waals surface area (Å²) < 4.78 is 0. The number of carbonyl (C=O) groups excluding carboxylic acids is 1. The van der Waals surface area contributed by atoms with Crippen molar-refractivity contribution in [2.45, 2.75) is 32.6 Å². The van der Waals surface area contributed by atoms with Gasteiger partial charge in [-0.25, -0.2) is 0 Å². The van der Waals surface area contributed by atoms with Crippen molar-refractivity contribution >= 4 is 11.8 Å². The largest absolute Gasteiger partial charge is 0.481 e. The summed E-state index contributed by atoms with van der Waals surface area (Å²) in [5.74, 6) is -0.361. The number of carboxylic acid groups (broad SMARTS) is 1. The Bertz CT molecular complexity index is 266. The molecule has 3 rings (SSSR count). The van der Waals surface area contributed by atoms with Crippen LogP contribution < -0.4 is 0 Å². The molecule has 3 heteroatoms. The van der Waals surface area contributed by atoms with Crippen molar-refractivity contribution in [3.63, 3.8) is 0 Å². The second-order valence-corrected chi connectivity index (χ2v) is 4.63. The highest BCUT2D eigenvalue weighted by molar-refractivity contribution is 5.89. The Morgan fingerprint density at radius 2 is 2.14 bits per heavy atom. The summed E-state index contributed by atoms with van der Waals surface area (Å²) in [4.78, 5) is 22.7. The summed E-state index contributed by atoms with van der Waals surface area (Å²) in [5.41, 5.74) is 0. The van der Waals surface area contributed by atoms with Crippen LogP contribution in [0, 0.1) is 23.7 Å². The van der Waals surface area contributed by atoms with Crippen LogP contribution in [0.15, 0.2) is 0 Å². The van der Waals surface area contributed by atoms with Crippen LogP contribution >= 0.6 is 0 Å². The van der Waals surface area contributed by atoms with E-state index in [9.17, 15) is 9.59 Å². The Kier molecular flexibility index (Phi) is 2.33. The Labute approximate surface area is 83.5 Å². The first kappa shape index (κ1) is 9.69. The van der Waals surface area contributed by atoms with E-state index in [0.717, 1.165) is 19.3 Å². The predicted molar refractivity (Wildman–Crippen MR) is 50.7 cm³/mol. The minimum Gasteiger partial charge on any atom is -0.481 e. The van der Waals surface area contributed by atoms with Crippen molar-refractivity contribution in [2.75, 3.05) is 0 Å². The van der Waals surface area contributed by atoms with E-state index in [1.54, 1.807) is 0 Å². The zero-order chi connectivity index (χ0) is 10.3. The minimum absolute atomic E-state index is 0.185. The molecule has 0 radical (unpaired) electrons. The van der Waals surface area contributed by atoms with Gasteiger partial charge in [-0.3, -0.25) is 9.59 Å². The SMILES string of the molecule is CCC(C(=O)O)[C@H]1CC2CC(C2)C1=O. The van der Waals surface area contributed by atoms with Crippen LogP contribution in [0.4, 0.5) is 0 Å². The third-order valence-electron chi connectivity index (χ3n) is 3.83. The number of rotatable bonds is 3. The third-order valence-corrected chi connectivity index (χ3v) is 3.83. The van der Waals surface area contributed by atoms with E-state index in [4.69, 9.17) is 5.11 Å². The van der Waals surface area contributed by atoms with E-state index in [0.29, 0.717) is 12.3 Å². The smallest absolute Gasteiger partial charge is 0.307 e. The summed E-state index contributed by atoms with van der Waals surface area (Å²) in [5, 5.41) is 8.99. The number of carbonyl (C=O) groups is 2. The van der Waals surface area contributed by atoms with Crippen LogP contribution in [-0.4, -0.2) is 16.9 Å². The average Bonchev–Trinajstić information content (AvgIpc) is 2.05. The summed E-state index contributed by atoms with van der Waals surface area (Å²) in [6.45, 7) is 1.85. The number of Topliss-reactive ketones (excluding diaryl/α,β-unsaturated/α-hetero) is 1. The van der Waals surface area contributed by atoms with E-state index < -0.39 is 11.9 Å². The monoisotopic (exact) mass is 196 g/mol. The van der Waals surface area contributed by atoms with Crippen molar-refractivity contribution in [3.05, 3.63) is 0 Å². The lowest BCUT2D eigenvalue weighted by molar-refractivity contribution is -0.153. The topological polar surface area (TPSA) is 54.4 Å². The quantitative estimate of drug-likeness (QED) is 0.747. The van der Waals surface area contributed by atoms with E-state index in [1.165, 1.54) is 0 Å². The minimum atomic E-state index is -0.799. The number of carboxylic acids is 1. The molecule has 78 valence electrons. The molecule has 0 aliphatic heterocycles. The molecule has 3 nitrogen and oxygen atoms in total. The van der Waals surface area contributed by atoms with Crippen molar-refractivity contribution < 1.29 is 14.7 Å². The van der Waals surface area contributed by atoms with E-state index in [2.05, 4.69) is 0 Å². The number of aliphatic carboxylic acids is 1. The highest BCUT2D eigenvalue weighted by Gasteiger charge is 2.48. The van der Waals surface area contributed by atoms with Gasteiger partial charge in [-0.1, -0.05) is 6.92 Å². The molecule has 0 saturated heterocycles. The summed E-state index contributed by atoms with van der Waals surface area (Å²) in [6.07, 6.45) is 3.43.